The molecule has 30 heavy (non-hydrogen) atoms. The van der Waals surface area contributed by atoms with Crippen LogP contribution in [0.4, 0.5) is 20.6 Å². The Hall–Kier alpha value is -3.68. The van der Waals surface area contributed by atoms with E-state index in [0.717, 1.165) is 30.5 Å². The molecule has 0 aliphatic heterocycles. The van der Waals surface area contributed by atoms with Crippen molar-refractivity contribution in [2.45, 2.75) is 19.3 Å². The first-order valence-electron chi connectivity index (χ1n) is 9.58. The second-order valence-corrected chi connectivity index (χ2v) is 7.02. The van der Waals surface area contributed by atoms with Crippen LogP contribution in [0.2, 0.25) is 0 Å². The van der Waals surface area contributed by atoms with Gasteiger partial charge in [-0.2, -0.15) is 5.10 Å². The fraction of sp³-hybridized carbons (Fsp3) is 0.227. The van der Waals surface area contributed by atoms with Gasteiger partial charge in [0.15, 0.2) is 5.69 Å². The molecule has 0 saturated carbocycles. The first kappa shape index (κ1) is 19.6. The summed E-state index contributed by atoms with van der Waals surface area (Å²) in [5, 5.41) is 7.27. The Morgan fingerprint density at radius 2 is 1.87 bits per heavy atom. The summed E-state index contributed by atoms with van der Waals surface area (Å²) in [6.45, 7) is 0. The van der Waals surface area contributed by atoms with Crippen LogP contribution >= 0.6 is 0 Å². The second kappa shape index (κ2) is 7.98. The number of para-hydroxylation sites is 1. The molecule has 1 aromatic heterocycles. The maximum absolute atomic E-state index is 14.3. The molecule has 0 radical (unpaired) electrons. The fourth-order valence-corrected chi connectivity index (χ4v) is 3.64. The minimum absolute atomic E-state index is 0.307. The molecule has 0 saturated heterocycles. The first-order valence-corrected chi connectivity index (χ1v) is 9.58. The van der Waals surface area contributed by atoms with E-state index < -0.39 is 6.09 Å². The monoisotopic (exact) mass is 408 g/mol. The molecular weight excluding hydrogens is 387 g/mol. The number of halogens is 1. The van der Waals surface area contributed by atoms with E-state index >= 15 is 0 Å². The molecule has 1 N–H and O–H groups in total. The average molecular weight is 408 g/mol. The molecule has 0 unspecified atom stereocenters. The van der Waals surface area contributed by atoms with E-state index in [1.54, 1.807) is 54.2 Å². The van der Waals surface area contributed by atoms with Gasteiger partial charge >= 0.3 is 6.09 Å². The maximum atomic E-state index is 14.3. The van der Waals surface area contributed by atoms with Crippen molar-refractivity contribution in [1.29, 1.82) is 0 Å². The summed E-state index contributed by atoms with van der Waals surface area (Å²) in [6, 6.07) is 13.2. The molecule has 0 atom stereocenters. The lowest BCUT2D eigenvalue weighted by molar-refractivity contribution is 0.102. The van der Waals surface area contributed by atoms with Crippen LogP contribution in [0.1, 0.15) is 28.2 Å². The number of carbonyl (C=O) groups is 2. The zero-order chi connectivity index (χ0) is 21.3. The summed E-state index contributed by atoms with van der Waals surface area (Å²) in [5.41, 5.74) is 3.57. The smallest absolute Gasteiger partial charge is 0.413 e. The van der Waals surface area contributed by atoms with Crippen molar-refractivity contribution in [3.63, 3.8) is 0 Å². The van der Waals surface area contributed by atoms with E-state index in [1.807, 2.05) is 0 Å². The van der Waals surface area contributed by atoms with Crippen LogP contribution in [-0.2, 0) is 17.6 Å². The van der Waals surface area contributed by atoms with Gasteiger partial charge in [0, 0.05) is 29.7 Å². The van der Waals surface area contributed by atoms with Crippen molar-refractivity contribution in [3.05, 3.63) is 71.3 Å². The van der Waals surface area contributed by atoms with E-state index in [1.165, 1.54) is 18.1 Å². The summed E-state index contributed by atoms with van der Waals surface area (Å²) in [4.78, 5) is 25.9. The number of nitrogens with zero attached hydrogens (tertiary/aromatic N) is 3. The maximum Gasteiger partial charge on any atom is 0.413 e. The number of hydrogen-bond donors (Lipinski definition) is 1. The van der Waals surface area contributed by atoms with Gasteiger partial charge in [0.1, 0.15) is 11.5 Å². The Bertz CT molecular complexity index is 1110. The van der Waals surface area contributed by atoms with Gasteiger partial charge in [-0.05, 0) is 55.7 Å². The number of rotatable bonds is 4. The van der Waals surface area contributed by atoms with Crippen molar-refractivity contribution < 1.29 is 18.7 Å². The van der Waals surface area contributed by atoms with Gasteiger partial charge < -0.3 is 10.1 Å². The summed E-state index contributed by atoms with van der Waals surface area (Å²) in [5.74, 6) is -0.732. The van der Waals surface area contributed by atoms with E-state index in [2.05, 4.69) is 15.2 Å². The normalized spacial score (nSPS) is 12.4. The Labute approximate surface area is 173 Å². The highest BCUT2D eigenvalue weighted by atomic mass is 19.1. The van der Waals surface area contributed by atoms with Crippen molar-refractivity contribution in [2.75, 3.05) is 24.4 Å². The number of methoxy groups -OCH3 is 1. The van der Waals surface area contributed by atoms with E-state index in [9.17, 15) is 14.0 Å². The number of amides is 2. The minimum Gasteiger partial charge on any atom is -0.452 e. The molecule has 3 aromatic rings. The molecule has 1 heterocycles. The minimum atomic E-state index is -0.485. The SMILES string of the molecule is COC(=O)N(C)c1ccc(NC(=O)c2nn(-c3ccccc3F)c3c2CCC3)cc1. The average Bonchev–Trinajstić information content (AvgIpc) is 3.36. The van der Waals surface area contributed by atoms with E-state index in [0.29, 0.717) is 22.8 Å². The van der Waals surface area contributed by atoms with Crippen molar-refractivity contribution in [3.8, 4) is 5.69 Å². The molecule has 0 spiro atoms. The topological polar surface area (TPSA) is 76.5 Å². The fourth-order valence-electron chi connectivity index (χ4n) is 3.64. The van der Waals surface area contributed by atoms with Crippen LogP contribution in [0.5, 0.6) is 0 Å². The summed E-state index contributed by atoms with van der Waals surface area (Å²) in [6.07, 6.45) is 1.89. The van der Waals surface area contributed by atoms with Crippen molar-refractivity contribution in [2.24, 2.45) is 0 Å². The molecule has 2 amide bonds. The number of nitrogens with one attached hydrogen (secondary N) is 1. The van der Waals surface area contributed by atoms with Gasteiger partial charge in [0.05, 0.1) is 7.11 Å². The number of anilines is 2. The molecule has 7 nitrogen and oxygen atoms in total. The van der Waals surface area contributed by atoms with Crippen LogP contribution in [0.15, 0.2) is 48.5 Å². The summed E-state index contributed by atoms with van der Waals surface area (Å²) in [7, 11) is 2.91. The summed E-state index contributed by atoms with van der Waals surface area (Å²) >= 11 is 0. The third-order valence-corrected chi connectivity index (χ3v) is 5.19. The molecule has 4 rings (SSSR count). The lowest BCUT2D eigenvalue weighted by Crippen LogP contribution is -2.25. The number of ether oxygens (including phenoxy) is 1. The number of fused-ring (bicyclic) bond motifs is 1. The number of benzene rings is 2. The molecule has 8 heteroatoms. The van der Waals surface area contributed by atoms with Gasteiger partial charge in [-0.15, -0.1) is 0 Å². The molecule has 1 aliphatic carbocycles. The Balaban J connectivity index is 1.58. The Kier molecular flexibility index (Phi) is 5.22. The number of carbonyl (C=O) groups excluding carboxylic acids is 2. The lowest BCUT2D eigenvalue weighted by atomic mass is 10.2. The Morgan fingerprint density at radius 3 is 2.57 bits per heavy atom. The highest BCUT2D eigenvalue weighted by Gasteiger charge is 2.27. The number of hydrogen-bond acceptors (Lipinski definition) is 4. The summed E-state index contributed by atoms with van der Waals surface area (Å²) < 4.78 is 20.5. The van der Waals surface area contributed by atoms with Gasteiger partial charge in [-0.1, -0.05) is 12.1 Å². The van der Waals surface area contributed by atoms with Gasteiger partial charge in [0.2, 0.25) is 0 Å². The standard InChI is InChI=1S/C22H21FN4O3/c1-26(22(29)30-2)15-12-10-14(11-13-15)24-21(28)20-16-6-5-9-18(16)27(25-20)19-8-4-3-7-17(19)23/h3-4,7-8,10-13H,5-6,9H2,1-2H3,(H,24,28). The quantitative estimate of drug-likeness (QED) is 0.709. The Morgan fingerprint density at radius 1 is 1.13 bits per heavy atom. The zero-order valence-electron chi connectivity index (χ0n) is 16.7. The van der Waals surface area contributed by atoms with Crippen molar-refractivity contribution >= 4 is 23.4 Å². The van der Waals surface area contributed by atoms with Gasteiger partial charge in [-0.3, -0.25) is 9.69 Å². The molecule has 1 aliphatic rings. The molecular formula is C22H21FN4O3. The largest absolute Gasteiger partial charge is 0.452 e. The first-order chi connectivity index (χ1) is 14.5. The predicted octanol–water partition coefficient (Wildman–Crippen LogP) is 3.96. The predicted molar refractivity (Wildman–Crippen MR) is 111 cm³/mol. The third kappa shape index (κ3) is 3.52. The molecule has 0 bridgehead atoms. The van der Waals surface area contributed by atoms with Crippen LogP contribution in [0, 0.1) is 5.82 Å². The van der Waals surface area contributed by atoms with E-state index in [-0.39, 0.29) is 11.7 Å². The van der Waals surface area contributed by atoms with Gasteiger partial charge in [-0.25, -0.2) is 13.9 Å². The highest BCUT2D eigenvalue weighted by Crippen LogP contribution is 2.29. The van der Waals surface area contributed by atoms with Crippen LogP contribution in [0.3, 0.4) is 0 Å². The highest BCUT2D eigenvalue weighted by molar-refractivity contribution is 6.04. The van der Waals surface area contributed by atoms with Crippen LogP contribution < -0.4 is 10.2 Å². The van der Waals surface area contributed by atoms with Crippen LogP contribution in [0.25, 0.3) is 5.69 Å². The van der Waals surface area contributed by atoms with Crippen molar-refractivity contribution in [1.82, 2.24) is 9.78 Å². The van der Waals surface area contributed by atoms with Crippen LogP contribution in [-0.4, -0.2) is 35.9 Å². The zero-order valence-corrected chi connectivity index (χ0v) is 16.7. The van der Waals surface area contributed by atoms with Gasteiger partial charge in [0.25, 0.3) is 5.91 Å². The number of aromatic nitrogens is 2. The second-order valence-electron chi connectivity index (χ2n) is 7.02. The van der Waals surface area contributed by atoms with E-state index in [4.69, 9.17) is 0 Å². The lowest BCUT2D eigenvalue weighted by Gasteiger charge is -2.15. The molecule has 2 aromatic carbocycles. The molecule has 154 valence electrons. The molecule has 0 fully saturated rings. The third-order valence-electron chi connectivity index (χ3n) is 5.19.